The van der Waals surface area contributed by atoms with Crippen molar-refractivity contribution in [2.45, 2.75) is 18.7 Å². The summed E-state index contributed by atoms with van der Waals surface area (Å²) in [5.74, 6) is -3.35. The number of halogens is 6. The first-order valence-corrected chi connectivity index (χ1v) is 8.87. The fourth-order valence-electron chi connectivity index (χ4n) is 2.56. The largest absolute Gasteiger partial charge is 0.490 e. The zero-order valence-corrected chi connectivity index (χ0v) is 16.7. The summed E-state index contributed by atoms with van der Waals surface area (Å²) in [7, 11) is 1.84. The molecule has 166 valence electrons. The van der Waals surface area contributed by atoms with Gasteiger partial charge in [0.25, 0.3) is 11.5 Å². The van der Waals surface area contributed by atoms with Gasteiger partial charge in [-0.25, -0.2) is 18.6 Å². The van der Waals surface area contributed by atoms with Crippen molar-refractivity contribution in [1.82, 2.24) is 9.55 Å². The summed E-state index contributed by atoms with van der Waals surface area (Å²) in [4.78, 5) is 24.7. The minimum Gasteiger partial charge on any atom is -0.475 e. The second-order valence-corrected chi connectivity index (χ2v) is 6.63. The number of carbonyl (C=O) groups excluding carboxylic acids is 1. The van der Waals surface area contributed by atoms with Crippen LogP contribution < -0.4 is 5.32 Å². The number of nitrogens with one attached hydrogen (secondary N) is 1. The van der Waals surface area contributed by atoms with E-state index in [1.54, 1.807) is 25.1 Å². The highest BCUT2D eigenvalue weighted by Gasteiger charge is 2.38. The Morgan fingerprint density at radius 3 is 2.32 bits per heavy atom. The summed E-state index contributed by atoms with van der Waals surface area (Å²) in [6.07, 6.45) is -5.08. The molecule has 31 heavy (non-hydrogen) atoms. The molecule has 0 saturated heterocycles. The summed E-state index contributed by atoms with van der Waals surface area (Å²) in [6.45, 7) is 1.78. The average Bonchev–Trinajstić information content (AvgIpc) is 2.98. The van der Waals surface area contributed by atoms with Gasteiger partial charge in [0.05, 0.1) is 11.0 Å². The molecule has 0 aliphatic carbocycles. The predicted molar refractivity (Wildman–Crippen MR) is 104 cm³/mol. The third-order valence-electron chi connectivity index (χ3n) is 4.03. The van der Waals surface area contributed by atoms with E-state index in [2.05, 4.69) is 10.3 Å². The minimum atomic E-state index is -5.08. The second-order valence-electron chi connectivity index (χ2n) is 6.25. The van der Waals surface area contributed by atoms with Gasteiger partial charge in [-0.1, -0.05) is 11.6 Å². The molecule has 0 bridgehead atoms. The van der Waals surface area contributed by atoms with E-state index in [-0.39, 0.29) is 5.82 Å². The van der Waals surface area contributed by atoms with E-state index in [4.69, 9.17) is 21.5 Å². The first-order chi connectivity index (χ1) is 14.3. The quantitative estimate of drug-likeness (QED) is 0.432. The topological polar surface area (TPSA) is 84.2 Å². The van der Waals surface area contributed by atoms with Gasteiger partial charge in [-0.05, 0) is 42.8 Å². The molecule has 0 saturated carbocycles. The zero-order chi connectivity index (χ0) is 23.5. The van der Waals surface area contributed by atoms with Crippen LogP contribution in [0.5, 0.6) is 0 Å². The summed E-state index contributed by atoms with van der Waals surface area (Å²) in [5.41, 5.74) is 1.27. The standard InChI is InChI=1S/C17H14ClF2N3O.C2HF3O2/c1-9-7-10(3-5-12(9)22-17(24)15(18)20)16-21-13-8-11(19)4-6-14(13)23(16)2;3-2(4,5)1(6)7/h3-8,15H,1-2H3,(H,22,24);(H,6,7). The lowest BCUT2D eigenvalue weighted by molar-refractivity contribution is -0.192. The number of carboxylic acid groups (broad SMARTS) is 1. The Morgan fingerprint density at radius 1 is 1.19 bits per heavy atom. The molecule has 3 aromatic rings. The number of carboxylic acids is 1. The summed E-state index contributed by atoms with van der Waals surface area (Å²) < 4.78 is 59.7. The van der Waals surface area contributed by atoms with Crippen LogP contribution in [0.15, 0.2) is 36.4 Å². The van der Waals surface area contributed by atoms with E-state index < -0.39 is 23.7 Å². The molecule has 0 spiro atoms. The van der Waals surface area contributed by atoms with Crippen molar-refractivity contribution in [3.63, 3.8) is 0 Å². The third kappa shape index (κ3) is 5.91. The molecule has 3 rings (SSSR count). The van der Waals surface area contributed by atoms with Crippen molar-refractivity contribution in [3.05, 3.63) is 47.8 Å². The molecule has 12 heteroatoms. The SMILES string of the molecule is Cc1cc(-c2nc3cc(F)ccc3n2C)ccc1NC(=O)C(F)Cl.O=C(O)C(F)(F)F. The van der Waals surface area contributed by atoms with Gasteiger partial charge in [0.2, 0.25) is 0 Å². The molecule has 0 radical (unpaired) electrons. The number of rotatable bonds is 3. The molecule has 0 fully saturated rings. The molecular weight excluding hydrogens is 449 g/mol. The van der Waals surface area contributed by atoms with Gasteiger partial charge in [-0.2, -0.15) is 13.2 Å². The maximum Gasteiger partial charge on any atom is 0.490 e. The number of aryl methyl sites for hydroxylation is 2. The van der Waals surface area contributed by atoms with Crippen LogP contribution in [-0.4, -0.2) is 38.3 Å². The number of benzene rings is 2. The Kier molecular flexibility index (Phi) is 7.21. The number of hydrogen-bond acceptors (Lipinski definition) is 3. The van der Waals surface area contributed by atoms with Crippen LogP contribution in [0.2, 0.25) is 0 Å². The highest BCUT2D eigenvalue weighted by molar-refractivity contribution is 6.31. The Balaban J connectivity index is 0.000000423. The van der Waals surface area contributed by atoms with Crippen molar-refractivity contribution < 1.29 is 36.6 Å². The van der Waals surface area contributed by atoms with Gasteiger partial charge in [0.1, 0.15) is 11.6 Å². The van der Waals surface area contributed by atoms with E-state index in [0.717, 1.165) is 16.6 Å². The van der Waals surface area contributed by atoms with Gasteiger partial charge in [-0.3, -0.25) is 4.79 Å². The zero-order valence-electron chi connectivity index (χ0n) is 16.0. The van der Waals surface area contributed by atoms with Crippen LogP contribution in [0.25, 0.3) is 22.4 Å². The van der Waals surface area contributed by atoms with Gasteiger partial charge >= 0.3 is 12.1 Å². The highest BCUT2D eigenvalue weighted by atomic mass is 35.5. The van der Waals surface area contributed by atoms with Crippen LogP contribution in [0.4, 0.5) is 27.6 Å². The molecular formula is C19H15ClF5N3O3. The lowest BCUT2D eigenvalue weighted by atomic mass is 10.1. The molecule has 1 heterocycles. The Bertz CT molecular complexity index is 1130. The lowest BCUT2D eigenvalue weighted by Gasteiger charge is -2.10. The maximum atomic E-state index is 13.4. The maximum absolute atomic E-state index is 13.4. The number of imidazole rings is 1. The minimum absolute atomic E-state index is 0.344. The highest BCUT2D eigenvalue weighted by Crippen LogP contribution is 2.27. The van der Waals surface area contributed by atoms with E-state index in [1.165, 1.54) is 12.1 Å². The molecule has 0 aliphatic rings. The van der Waals surface area contributed by atoms with E-state index in [1.807, 2.05) is 17.7 Å². The molecule has 6 nitrogen and oxygen atoms in total. The van der Waals surface area contributed by atoms with E-state index in [0.29, 0.717) is 17.0 Å². The average molecular weight is 464 g/mol. The van der Waals surface area contributed by atoms with Crippen LogP contribution in [-0.2, 0) is 16.6 Å². The molecule has 1 aromatic heterocycles. The Labute approximate surface area is 177 Å². The monoisotopic (exact) mass is 463 g/mol. The molecule has 2 aromatic carbocycles. The number of carbonyl (C=O) groups is 2. The van der Waals surface area contributed by atoms with E-state index >= 15 is 0 Å². The van der Waals surface area contributed by atoms with Crippen molar-refractivity contribution in [2.75, 3.05) is 5.32 Å². The molecule has 1 amide bonds. The summed E-state index contributed by atoms with van der Waals surface area (Å²) in [6, 6.07) is 9.65. The fourth-order valence-corrected chi connectivity index (χ4v) is 2.62. The number of aliphatic carboxylic acids is 1. The van der Waals surface area contributed by atoms with Gasteiger partial charge < -0.3 is 15.0 Å². The van der Waals surface area contributed by atoms with Crippen LogP contribution in [0.1, 0.15) is 5.56 Å². The summed E-state index contributed by atoms with van der Waals surface area (Å²) >= 11 is 5.11. The number of amides is 1. The fraction of sp³-hybridized carbons (Fsp3) is 0.211. The van der Waals surface area contributed by atoms with Crippen molar-refractivity contribution in [2.24, 2.45) is 7.05 Å². The lowest BCUT2D eigenvalue weighted by Crippen LogP contribution is -2.21. The predicted octanol–water partition coefficient (Wildman–Crippen LogP) is 4.79. The number of hydrogen-bond donors (Lipinski definition) is 2. The molecule has 1 atom stereocenters. The third-order valence-corrected chi connectivity index (χ3v) is 4.22. The van der Waals surface area contributed by atoms with Crippen molar-refractivity contribution in [3.8, 4) is 11.4 Å². The number of nitrogens with zero attached hydrogens (tertiary/aromatic N) is 2. The Hall–Kier alpha value is -3.21. The van der Waals surface area contributed by atoms with Gasteiger partial charge in [-0.15, -0.1) is 0 Å². The van der Waals surface area contributed by atoms with Crippen LogP contribution >= 0.6 is 11.6 Å². The summed E-state index contributed by atoms with van der Waals surface area (Å²) in [5, 5.41) is 9.54. The van der Waals surface area contributed by atoms with Gasteiger partial charge in [0.15, 0.2) is 0 Å². The second kappa shape index (κ2) is 9.29. The van der Waals surface area contributed by atoms with Crippen molar-refractivity contribution in [1.29, 1.82) is 0 Å². The van der Waals surface area contributed by atoms with Crippen molar-refractivity contribution >= 4 is 40.2 Å². The number of alkyl halides is 5. The molecule has 0 aliphatic heterocycles. The smallest absolute Gasteiger partial charge is 0.475 e. The number of aromatic nitrogens is 2. The van der Waals surface area contributed by atoms with Gasteiger partial charge in [0, 0.05) is 24.4 Å². The Morgan fingerprint density at radius 2 is 1.81 bits per heavy atom. The molecule has 2 N–H and O–H groups in total. The van der Waals surface area contributed by atoms with E-state index in [9.17, 15) is 26.7 Å². The number of anilines is 1. The number of fused-ring (bicyclic) bond motifs is 1. The first kappa shape index (κ1) is 24.1. The van der Waals surface area contributed by atoms with Crippen LogP contribution in [0, 0.1) is 12.7 Å². The molecule has 1 unspecified atom stereocenters. The van der Waals surface area contributed by atoms with Crippen LogP contribution in [0.3, 0.4) is 0 Å². The normalized spacial score (nSPS) is 12.1. The first-order valence-electron chi connectivity index (χ1n) is 8.43.